The molecule has 0 aromatic carbocycles. The van der Waals surface area contributed by atoms with Gasteiger partial charge in [-0.1, -0.05) is 0 Å². The van der Waals surface area contributed by atoms with Gasteiger partial charge in [0, 0.05) is 12.8 Å². The van der Waals surface area contributed by atoms with Crippen molar-refractivity contribution in [3.63, 3.8) is 0 Å². The smallest absolute Gasteiger partial charge is 0.542 e. The third-order valence-electron chi connectivity index (χ3n) is 1.03. The van der Waals surface area contributed by atoms with Crippen LogP contribution in [-0.2, 0) is 84.6 Å². The van der Waals surface area contributed by atoms with Crippen LogP contribution < -0.4 is 21.3 Å². The fraction of sp³-hybridized carbons (Fsp3) is 0.455. The maximum atomic E-state index is 9.50. The molecule has 4 N–H and O–H groups in total. The van der Waals surface area contributed by atoms with Crippen molar-refractivity contribution in [2.75, 3.05) is 13.7 Å². The van der Waals surface area contributed by atoms with E-state index in [1.54, 1.807) is 13.5 Å². The van der Waals surface area contributed by atoms with Gasteiger partial charge in [0.15, 0.2) is 0 Å². The molecule has 0 bridgehead atoms. The maximum Gasteiger partial charge on any atom is 3.00 e. The molecule has 116 valence electrons. The van der Waals surface area contributed by atoms with E-state index in [0.29, 0.717) is 0 Å². The summed E-state index contributed by atoms with van der Waals surface area (Å²) in [4.78, 5) is 36.7. The molecule has 0 aromatic rings. The average molecular weight is 452 g/mol. The minimum absolute atomic E-state index is 0. The summed E-state index contributed by atoms with van der Waals surface area (Å²) in [6, 6.07) is 0. The van der Waals surface area contributed by atoms with Crippen LogP contribution in [0.3, 0.4) is 0 Å². The Labute approximate surface area is 178 Å². The summed E-state index contributed by atoms with van der Waals surface area (Å²) in [5.41, 5.74) is 0. The molecule has 0 spiro atoms. The molecule has 1 atom stereocenters. The van der Waals surface area contributed by atoms with Gasteiger partial charge in [0.1, 0.15) is 0 Å². The van der Waals surface area contributed by atoms with Crippen molar-refractivity contribution in [1.29, 1.82) is 0 Å². The summed E-state index contributed by atoms with van der Waals surface area (Å²) in [6.07, 6.45) is 5.80. The van der Waals surface area contributed by atoms with Crippen LogP contribution in [0.5, 0.6) is 0 Å². The third-order valence-corrected chi connectivity index (χ3v) is 1.03. The van der Waals surface area contributed by atoms with Gasteiger partial charge >= 0.3 is 65.4 Å². The molecule has 0 saturated carbocycles. The van der Waals surface area contributed by atoms with Crippen molar-refractivity contribution >= 4 is 25.5 Å². The Bertz CT molecular complexity index is 193. The van der Waals surface area contributed by atoms with E-state index in [4.69, 9.17) is 4.79 Å². The molecular weight excluding hydrogens is 430 g/mol. The first-order valence-corrected chi connectivity index (χ1v) is 4.43. The van der Waals surface area contributed by atoms with E-state index in [-0.39, 0.29) is 93.1 Å². The second-order valence-corrected chi connectivity index (χ2v) is 2.20. The van der Waals surface area contributed by atoms with Crippen molar-refractivity contribution in [3.8, 4) is 0 Å². The molecule has 0 saturated heterocycles. The van der Waals surface area contributed by atoms with Crippen LogP contribution in [-0.4, -0.2) is 45.4 Å². The van der Waals surface area contributed by atoms with Gasteiger partial charge in [-0.25, -0.2) is 0 Å². The van der Waals surface area contributed by atoms with Crippen molar-refractivity contribution in [2.24, 2.45) is 0 Å². The number of hydrogen-bond acceptors (Lipinski definition) is 5. The topological polar surface area (TPSA) is 116 Å². The number of nitrogens with one attached hydrogen (secondary N) is 4. The fourth-order valence-electron chi connectivity index (χ4n) is 0.277. The maximum absolute atomic E-state index is 9.50. The summed E-state index contributed by atoms with van der Waals surface area (Å²) >= 11 is 0. The van der Waals surface area contributed by atoms with Gasteiger partial charge in [0.25, 0.3) is 0 Å². The molecule has 21 heavy (non-hydrogen) atoms. The molecule has 1 unspecified atom stereocenters. The standard InChI is InChI=1S/C4H9N2O.C3H4N2O2.C2H3O.2CH3.2Y/c1-4(5-2)6-3-7;6-2-4-1-5-3-7;1-2-3;;;;/h4-5H,1-2H3,(H,6,7);1H2,(H,4,6)(H,5,7);1H3;2*1H3;;/q-1;-2;3*-1;2*+3. The number of carbonyl (C=O) groups excluding carboxylic acids is 4. The van der Waals surface area contributed by atoms with Crippen LogP contribution in [0.15, 0.2) is 0 Å². The van der Waals surface area contributed by atoms with E-state index in [0.717, 1.165) is 0 Å². The predicted molar refractivity (Wildman–Crippen MR) is 74.1 cm³/mol. The molecule has 0 heterocycles. The molecule has 0 aliphatic heterocycles. The first-order valence-electron chi connectivity index (χ1n) is 4.43. The zero-order chi connectivity index (χ0) is 13.9. The molecule has 0 radical (unpaired) electrons. The van der Waals surface area contributed by atoms with Gasteiger partial charge < -0.3 is 55.3 Å². The molecular formula is C11H22N4O4Y2. The minimum atomic E-state index is 0. The first-order chi connectivity index (χ1) is 8.14. The first kappa shape index (κ1) is 42.9. The SMILES string of the molecule is CNC(C)N[C-]=O.C[C-]=O.O=[C-]NCN[C-]=O.[CH3-].[CH3-].[Y+3].[Y+3]. The summed E-state index contributed by atoms with van der Waals surface area (Å²) in [6.45, 7) is 3.23. The fourth-order valence-corrected chi connectivity index (χ4v) is 0.277. The predicted octanol–water partition coefficient (Wildman–Crippen LogP) is -1.52. The van der Waals surface area contributed by atoms with E-state index in [9.17, 15) is 14.4 Å². The Balaban J connectivity index is -0.0000000271. The Hall–Kier alpha value is 0.248. The van der Waals surface area contributed by atoms with E-state index in [1.165, 1.54) is 26.0 Å². The van der Waals surface area contributed by atoms with E-state index in [1.807, 2.05) is 6.92 Å². The normalized spacial score (nSPS) is 7.19. The second-order valence-electron chi connectivity index (χ2n) is 2.20. The van der Waals surface area contributed by atoms with E-state index < -0.39 is 0 Å². The molecule has 0 aliphatic carbocycles. The van der Waals surface area contributed by atoms with Gasteiger partial charge in [-0.2, -0.15) is 26.2 Å². The van der Waals surface area contributed by atoms with Crippen molar-refractivity contribution in [3.05, 3.63) is 14.9 Å². The summed E-state index contributed by atoms with van der Waals surface area (Å²) in [7, 11) is 1.76. The Morgan fingerprint density at radius 2 is 1.24 bits per heavy atom. The number of hydrogen-bond donors (Lipinski definition) is 4. The van der Waals surface area contributed by atoms with Crippen LogP contribution in [0.4, 0.5) is 0 Å². The van der Waals surface area contributed by atoms with Crippen LogP contribution in [0.1, 0.15) is 13.8 Å². The average Bonchev–Trinajstić information content (AvgIpc) is 2.32. The largest absolute Gasteiger partial charge is 3.00 e. The molecule has 8 nitrogen and oxygen atoms in total. The number of amides is 3. The van der Waals surface area contributed by atoms with Gasteiger partial charge in [-0.15, -0.1) is 0 Å². The zero-order valence-corrected chi connectivity index (χ0v) is 18.7. The van der Waals surface area contributed by atoms with Crippen LogP contribution in [0.25, 0.3) is 0 Å². The van der Waals surface area contributed by atoms with Crippen LogP contribution >= 0.6 is 0 Å². The van der Waals surface area contributed by atoms with Gasteiger partial charge in [-0.3, -0.25) is 6.29 Å². The Morgan fingerprint density at radius 1 is 0.905 bits per heavy atom. The van der Waals surface area contributed by atoms with Gasteiger partial charge in [0.2, 0.25) is 0 Å². The van der Waals surface area contributed by atoms with Crippen LogP contribution in [0, 0.1) is 14.9 Å². The molecule has 3 amide bonds. The molecule has 10 heteroatoms. The number of rotatable bonds is 7. The van der Waals surface area contributed by atoms with Crippen LogP contribution in [0.2, 0.25) is 0 Å². The Kier molecular flexibility index (Phi) is 102. The van der Waals surface area contributed by atoms with Gasteiger partial charge in [0.05, 0.1) is 0 Å². The van der Waals surface area contributed by atoms with Crippen molar-refractivity contribution in [1.82, 2.24) is 21.3 Å². The molecule has 0 fully saturated rings. The second kappa shape index (κ2) is 50.0. The quantitative estimate of drug-likeness (QED) is 0.162. The summed E-state index contributed by atoms with van der Waals surface area (Å²) in [5, 5.41) is 9.31. The van der Waals surface area contributed by atoms with Crippen molar-refractivity contribution in [2.45, 2.75) is 20.0 Å². The molecule has 0 aromatic heterocycles. The molecule has 0 aliphatic rings. The zero-order valence-electron chi connectivity index (χ0n) is 13.1. The third kappa shape index (κ3) is 78.8. The Morgan fingerprint density at radius 3 is 1.38 bits per heavy atom. The van der Waals surface area contributed by atoms with E-state index >= 15 is 0 Å². The monoisotopic (exact) mass is 452 g/mol. The van der Waals surface area contributed by atoms with E-state index in [2.05, 4.69) is 21.3 Å². The summed E-state index contributed by atoms with van der Waals surface area (Å²) in [5.74, 6) is 0. The minimum Gasteiger partial charge on any atom is -0.542 e. The molecule has 0 rings (SSSR count). The van der Waals surface area contributed by atoms with Crippen molar-refractivity contribution < 1.29 is 84.6 Å². The van der Waals surface area contributed by atoms with Gasteiger partial charge in [-0.05, 0) is 14.0 Å². The summed E-state index contributed by atoms with van der Waals surface area (Å²) < 4.78 is 0.